The third-order valence-corrected chi connectivity index (χ3v) is 9.56. The summed E-state index contributed by atoms with van der Waals surface area (Å²) in [5.41, 5.74) is 4.27. The molecule has 6 heteroatoms. The van der Waals surface area contributed by atoms with Crippen molar-refractivity contribution in [1.82, 2.24) is 0 Å². The highest BCUT2D eigenvalue weighted by Gasteiger charge is 2.23. The van der Waals surface area contributed by atoms with Crippen LogP contribution in [0.1, 0.15) is 77.3 Å². The van der Waals surface area contributed by atoms with Gasteiger partial charge in [-0.1, -0.05) is 45.9 Å². The van der Waals surface area contributed by atoms with Crippen molar-refractivity contribution in [3.8, 4) is 11.5 Å². The summed E-state index contributed by atoms with van der Waals surface area (Å²) in [4.78, 5) is 2.54. The van der Waals surface area contributed by atoms with Crippen molar-refractivity contribution < 1.29 is 18.6 Å². The van der Waals surface area contributed by atoms with Crippen molar-refractivity contribution >= 4 is 13.1 Å². The van der Waals surface area contributed by atoms with Gasteiger partial charge >= 0.3 is 0 Å². The molecule has 2 aromatic carbocycles. The summed E-state index contributed by atoms with van der Waals surface area (Å²) in [6, 6.07) is 14.8. The smallest absolute Gasteiger partial charge is 0.200 e. The molecule has 1 unspecified atom stereocenters. The van der Waals surface area contributed by atoms with Gasteiger partial charge < -0.3 is 18.9 Å². The summed E-state index contributed by atoms with van der Waals surface area (Å²) < 4.78 is 29.9. The lowest BCUT2D eigenvalue weighted by Gasteiger charge is -2.35. The molecule has 1 saturated heterocycles. The van der Waals surface area contributed by atoms with Gasteiger partial charge in [0.25, 0.3) is 0 Å². The van der Waals surface area contributed by atoms with Gasteiger partial charge in [0.2, 0.25) is 7.37 Å². The lowest BCUT2D eigenvalue weighted by Crippen LogP contribution is -2.36. The topological polar surface area (TPSA) is 48.0 Å². The van der Waals surface area contributed by atoms with Gasteiger partial charge in [-0.2, -0.15) is 0 Å². The second-order valence-electron chi connectivity index (χ2n) is 12.2. The maximum Gasteiger partial charge on any atom is 0.200 e. The minimum atomic E-state index is -2.57. The van der Waals surface area contributed by atoms with E-state index in [1.807, 2.05) is 19.1 Å². The molecule has 0 saturated carbocycles. The van der Waals surface area contributed by atoms with Crippen LogP contribution in [-0.2, 0) is 15.5 Å². The number of hydrogen-bond donors (Lipinski definition) is 0. The first kappa shape index (κ1) is 30.6. The van der Waals surface area contributed by atoms with Crippen LogP contribution in [0.5, 0.6) is 11.5 Å². The zero-order valence-corrected chi connectivity index (χ0v) is 25.7. The number of anilines is 1. The van der Waals surface area contributed by atoms with E-state index in [0.717, 1.165) is 56.0 Å². The molecular weight excluding hydrogens is 493 g/mol. The second-order valence-corrected chi connectivity index (χ2v) is 14.9. The summed E-state index contributed by atoms with van der Waals surface area (Å²) in [6.45, 7) is 16.0. The van der Waals surface area contributed by atoms with Crippen LogP contribution in [0.3, 0.4) is 0 Å². The van der Waals surface area contributed by atoms with Gasteiger partial charge in [0.05, 0.1) is 20.3 Å². The fourth-order valence-electron chi connectivity index (χ4n) is 5.38. The summed E-state index contributed by atoms with van der Waals surface area (Å²) in [5, 5.41) is 0. The molecule has 0 N–H and O–H groups in total. The molecule has 2 aromatic rings. The highest BCUT2D eigenvalue weighted by atomic mass is 31.2. The quantitative estimate of drug-likeness (QED) is 0.237. The average Bonchev–Trinajstić information content (AvgIpc) is 2.87. The van der Waals surface area contributed by atoms with Gasteiger partial charge in [-0.05, 0) is 85.6 Å². The van der Waals surface area contributed by atoms with Crippen molar-refractivity contribution in [3.05, 3.63) is 53.6 Å². The molecule has 3 rings (SSSR count). The molecule has 0 bridgehead atoms. The summed E-state index contributed by atoms with van der Waals surface area (Å²) in [7, 11) is -0.827. The van der Waals surface area contributed by atoms with E-state index in [9.17, 15) is 4.57 Å². The van der Waals surface area contributed by atoms with Crippen LogP contribution in [0, 0.1) is 11.3 Å². The lowest BCUT2D eigenvalue weighted by atomic mass is 9.88. The van der Waals surface area contributed by atoms with Crippen LogP contribution in [0.15, 0.2) is 42.5 Å². The van der Waals surface area contributed by atoms with Crippen molar-refractivity contribution in [2.24, 2.45) is 11.3 Å². The van der Waals surface area contributed by atoms with Gasteiger partial charge in [0.1, 0.15) is 11.5 Å². The average molecular weight is 544 g/mol. The molecule has 0 radical (unpaired) electrons. The van der Waals surface area contributed by atoms with E-state index in [1.165, 1.54) is 24.1 Å². The van der Waals surface area contributed by atoms with Crippen molar-refractivity contribution in [2.75, 3.05) is 51.1 Å². The van der Waals surface area contributed by atoms with Gasteiger partial charge in [-0.25, -0.2) is 0 Å². The van der Waals surface area contributed by atoms with Crippen LogP contribution in [0.25, 0.3) is 0 Å². The van der Waals surface area contributed by atoms with Crippen molar-refractivity contribution in [3.63, 3.8) is 0 Å². The fourth-order valence-corrected chi connectivity index (χ4v) is 7.24. The molecule has 1 fully saturated rings. The number of ether oxygens (including phenoxy) is 2. The molecule has 2 atom stereocenters. The lowest BCUT2D eigenvalue weighted by molar-refractivity contribution is 0.222. The summed E-state index contributed by atoms with van der Waals surface area (Å²) in [5.74, 6) is 2.52. The van der Waals surface area contributed by atoms with E-state index in [0.29, 0.717) is 24.1 Å². The Morgan fingerprint density at radius 3 is 2.47 bits per heavy atom. The van der Waals surface area contributed by atoms with Crippen LogP contribution in [0.4, 0.5) is 5.69 Å². The standard InChI is InChI=1S/C32H50NO4P/c1-8-37-38(7,34)24-25(2)28-11-9-13-30(21-28)36-23-26-16-19-33(20-17-26)31-22-29(35-6)15-14-27(31)12-10-18-32(3,4)5/h9,11,13-15,21-22,25-26H,8,10,12,16-20,23-24H2,1-7H3/t25-,38?/m0/s1. The molecule has 1 aliphatic rings. The predicted octanol–water partition coefficient (Wildman–Crippen LogP) is 8.41. The normalized spacial score (nSPS) is 17.2. The minimum Gasteiger partial charge on any atom is -0.497 e. The molecule has 0 aliphatic carbocycles. The van der Waals surface area contributed by atoms with Crippen molar-refractivity contribution in [2.45, 2.75) is 72.6 Å². The van der Waals surface area contributed by atoms with Crippen LogP contribution in [0.2, 0.25) is 0 Å². The second kappa shape index (κ2) is 13.9. The van der Waals surface area contributed by atoms with E-state index in [1.54, 1.807) is 13.8 Å². The van der Waals surface area contributed by atoms with Gasteiger partial charge in [-0.3, -0.25) is 4.57 Å². The number of aryl methyl sites for hydroxylation is 1. The number of nitrogens with zero attached hydrogens (tertiary/aromatic N) is 1. The third kappa shape index (κ3) is 9.65. The maximum atomic E-state index is 12.6. The van der Waals surface area contributed by atoms with E-state index in [4.69, 9.17) is 14.0 Å². The first-order chi connectivity index (χ1) is 18.0. The van der Waals surface area contributed by atoms with Gasteiger partial charge in [0, 0.05) is 37.7 Å². The Morgan fingerprint density at radius 1 is 1.08 bits per heavy atom. The van der Waals surface area contributed by atoms with Gasteiger partial charge in [0.15, 0.2) is 0 Å². The zero-order valence-electron chi connectivity index (χ0n) is 24.8. The van der Waals surface area contributed by atoms with Crippen LogP contribution in [-0.4, -0.2) is 46.2 Å². The predicted molar refractivity (Wildman–Crippen MR) is 161 cm³/mol. The molecule has 1 aliphatic heterocycles. The Kier molecular flexibility index (Phi) is 11.2. The number of piperidine rings is 1. The van der Waals surface area contributed by atoms with E-state index >= 15 is 0 Å². The Labute approximate surface area is 231 Å². The SMILES string of the molecule is CCOP(C)(=O)C[C@H](C)c1cccc(OCC2CCN(c3cc(OC)ccc3CCCC(C)(C)C)CC2)c1. The molecule has 1 heterocycles. The molecule has 5 nitrogen and oxygen atoms in total. The molecule has 38 heavy (non-hydrogen) atoms. The van der Waals surface area contributed by atoms with Crippen LogP contribution >= 0.6 is 7.37 Å². The summed E-state index contributed by atoms with van der Waals surface area (Å²) >= 11 is 0. The van der Waals surface area contributed by atoms with E-state index < -0.39 is 7.37 Å². The number of methoxy groups -OCH3 is 1. The molecule has 0 spiro atoms. The Balaban J connectivity index is 1.55. The zero-order chi connectivity index (χ0) is 27.8. The Bertz CT molecular complexity index is 1060. The Hall–Kier alpha value is -1.97. The number of hydrogen-bond acceptors (Lipinski definition) is 5. The van der Waals surface area contributed by atoms with Crippen LogP contribution < -0.4 is 14.4 Å². The maximum absolute atomic E-state index is 12.6. The fraction of sp³-hybridized carbons (Fsp3) is 0.625. The minimum absolute atomic E-state index is 0.157. The molecule has 212 valence electrons. The van der Waals surface area contributed by atoms with E-state index in [2.05, 4.69) is 62.9 Å². The van der Waals surface area contributed by atoms with Gasteiger partial charge in [-0.15, -0.1) is 0 Å². The third-order valence-electron chi connectivity index (χ3n) is 7.54. The first-order valence-electron chi connectivity index (χ1n) is 14.4. The monoisotopic (exact) mass is 543 g/mol. The first-order valence-corrected chi connectivity index (χ1v) is 16.6. The summed E-state index contributed by atoms with van der Waals surface area (Å²) in [6.07, 6.45) is 6.30. The van der Waals surface area contributed by atoms with E-state index in [-0.39, 0.29) is 5.92 Å². The number of rotatable bonds is 13. The molecule has 0 amide bonds. The highest BCUT2D eigenvalue weighted by molar-refractivity contribution is 7.58. The highest BCUT2D eigenvalue weighted by Crippen LogP contribution is 2.46. The number of benzene rings is 2. The molecular formula is C32H50NO4P. The largest absolute Gasteiger partial charge is 0.497 e. The Morgan fingerprint density at radius 2 is 1.82 bits per heavy atom. The molecule has 0 aromatic heterocycles. The van der Waals surface area contributed by atoms with Crippen molar-refractivity contribution in [1.29, 1.82) is 0 Å².